The lowest BCUT2D eigenvalue weighted by molar-refractivity contribution is -0.140. The maximum absolute atomic E-state index is 14.2. The van der Waals surface area contributed by atoms with Gasteiger partial charge in [0.2, 0.25) is 11.8 Å². The van der Waals surface area contributed by atoms with Gasteiger partial charge in [0.25, 0.3) is 10.0 Å². The molecule has 0 saturated carbocycles. The Hall–Kier alpha value is -4.25. The van der Waals surface area contributed by atoms with Gasteiger partial charge in [0.05, 0.1) is 31.9 Å². The van der Waals surface area contributed by atoms with Crippen LogP contribution in [0.4, 0.5) is 5.69 Å². The minimum Gasteiger partial charge on any atom is -0.497 e. The first-order valence-corrected chi connectivity index (χ1v) is 15.9. The Morgan fingerprint density at radius 2 is 1.50 bits per heavy atom. The van der Waals surface area contributed by atoms with Crippen LogP contribution in [0.3, 0.4) is 0 Å². The van der Waals surface area contributed by atoms with Gasteiger partial charge in [-0.2, -0.15) is 0 Å². The lowest BCUT2D eigenvalue weighted by atomic mass is 10.1. The van der Waals surface area contributed by atoms with Gasteiger partial charge in [-0.25, -0.2) is 8.42 Å². The van der Waals surface area contributed by atoms with Crippen molar-refractivity contribution >= 4 is 27.5 Å². The molecule has 3 rings (SSSR count). The Bertz CT molecular complexity index is 1510. The maximum atomic E-state index is 14.2. The van der Waals surface area contributed by atoms with Crippen molar-refractivity contribution in [3.05, 3.63) is 77.9 Å². The second-order valence-corrected chi connectivity index (χ2v) is 12.7. The fourth-order valence-corrected chi connectivity index (χ4v) is 6.04. The number of hydrogen-bond acceptors (Lipinski definition) is 7. The lowest BCUT2D eigenvalue weighted by Gasteiger charge is -2.33. The van der Waals surface area contributed by atoms with E-state index in [0.717, 1.165) is 15.4 Å². The number of nitrogens with one attached hydrogen (secondary N) is 1. The largest absolute Gasteiger partial charge is 0.497 e. The third kappa shape index (κ3) is 8.43. The molecular weight excluding hydrogens is 582 g/mol. The Kier molecular flexibility index (Phi) is 12.0. The van der Waals surface area contributed by atoms with Crippen LogP contribution in [0.2, 0.25) is 0 Å². The fourth-order valence-electron chi connectivity index (χ4n) is 4.61. The van der Waals surface area contributed by atoms with Gasteiger partial charge in [-0.15, -0.1) is 0 Å². The predicted octanol–water partition coefficient (Wildman–Crippen LogP) is 4.80. The Morgan fingerprint density at radius 1 is 0.864 bits per heavy atom. The first-order valence-electron chi connectivity index (χ1n) is 14.5. The van der Waals surface area contributed by atoms with Crippen LogP contribution in [0.1, 0.15) is 38.3 Å². The summed E-state index contributed by atoms with van der Waals surface area (Å²) < 4.78 is 45.3. The molecule has 238 valence electrons. The van der Waals surface area contributed by atoms with Crippen LogP contribution in [0.5, 0.6) is 17.2 Å². The van der Waals surface area contributed by atoms with Gasteiger partial charge in [-0.1, -0.05) is 50.6 Å². The monoisotopic (exact) mass is 625 g/mol. The molecule has 44 heavy (non-hydrogen) atoms. The summed E-state index contributed by atoms with van der Waals surface area (Å²) in [7, 11) is 0.168. The summed E-state index contributed by atoms with van der Waals surface area (Å²) in [6, 6.07) is 17.5. The molecule has 0 fully saturated rings. The number of sulfonamides is 1. The fraction of sp³-hybridized carbons (Fsp3) is 0.394. The Morgan fingerprint density at radius 3 is 2.05 bits per heavy atom. The number of nitrogens with zero attached hydrogens (tertiary/aromatic N) is 2. The van der Waals surface area contributed by atoms with Crippen LogP contribution >= 0.6 is 0 Å². The zero-order valence-electron chi connectivity index (χ0n) is 26.5. The highest BCUT2D eigenvalue weighted by molar-refractivity contribution is 7.92. The standard InChI is InChI=1S/C33H43N3O7S/c1-8-29(33(38)34-20-23(2)3)35(21-25-11-15-27(41-5)16-12-25)32(37)22-36(26-13-9-24(4)10-14-26)44(39,40)28-17-18-30(42-6)31(19-28)43-7/h9-19,23,29H,8,20-22H2,1-7H3,(H,34,38)/t29-/m0/s1. The minimum absolute atomic E-state index is 0.0769. The highest BCUT2D eigenvalue weighted by Gasteiger charge is 2.34. The van der Waals surface area contributed by atoms with E-state index >= 15 is 0 Å². The van der Waals surface area contributed by atoms with Gasteiger partial charge in [0, 0.05) is 19.2 Å². The summed E-state index contributed by atoms with van der Waals surface area (Å²) in [5, 5.41) is 2.93. The molecule has 3 aromatic carbocycles. The lowest BCUT2D eigenvalue weighted by Crippen LogP contribution is -2.52. The first-order chi connectivity index (χ1) is 20.9. The molecular formula is C33H43N3O7S. The van der Waals surface area contributed by atoms with E-state index in [9.17, 15) is 18.0 Å². The molecule has 3 aromatic rings. The smallest absolute Gasteiger partial charge is 0.264 e. The van der Waals surface area contributed by atoms with Crippen molar-refractivity contribution in [1.29, 1.82) is 0 Å². The number of hydrogen-bond donors (Lipinski definition) is 1. The van der Waals surface area contributed by atoms with Crippen molar-refractivity contribution in [2.75, 3.05) is 38.7 Å². The van der Waals surface area contributed by atoms with E-state index in [-0.39, 0.29) is 29.0 Å². The quantitative estimate of drug-likeness (QED) is 0.258. The highest BCUT2D eigenvalue weighted by Crippen LogP contribution is 2.32. The van der Waals surface area contributed by atoms with Crippen molar-refractivity contribution in [2.45, 2.75) is 51.6 Å². The molecule has 0 spiro atoms. The third-order valence-electron chi connectivity index (χ3n) is 7.13. The van der Waals surface area contributed by atoms with E-state index in [1.807, 2.05) is 39.8 Å². The van der Waals surface area contributed by atoms with Gasteiger partial charge >= 0.3 is 0 Å². The highest BCUT2D eigenvalue weighted by atomic mass is 32.2. The molecule has 0 heterocycles. The topological polar surface area (TPSA) is 114 Å². The molecule has 1 atom stereocenters. The number of rotatable bonds is 15. The number of ether oxygens (including phenoxy) is 3. The summed E-state index contributed by atoms with van der Waals surface area (Å²) >= 11 is 0. The average molecular weight is 626 g/mol. The zero-order valence-corrected chi connectivity index (χ0v) is 27.3. The Labute approximate surface area is 261 Å². The summed E-state index contributed by atoms with van der Waals surface area (Å²) in [4.78, 5) is 29.0. The minimum atomic E-state index is -4.28. The Balaban J connectivity index is 2.08. The van der Waals surface area contributed by atoms with E-state index in [4.69, 9.17) is 14.2 Å². The second-order valence-electron chi connectivity index (χ2n) is 10.8. The molecule has 0 unspecified atom stereocenters. The van der Waals surface area contributed by atoms with Gasteiger partial charge < -0.3 is 24.4 Å². The van der Waals surface area contributed by atoms with Gasteiger partial charge in [0.15, 0.2) is 11.5 Å². The number of anilines is 1. The van der Waals surface area contributed by atoms with Crippen molar-refractivity contribution in [2.24, 2.45) is 5.92 Å². The average Bonchev–Trinajstić information content (AvgIpc) is 3.02. The normalized spacial score (nSPS) is 11.9. The number of methoxy groups -OCH3 is 3. The molecule has 2 amide bonds. The van der Waals surface area contributed by atoms with E-state index in [1.54, 1.807) is 43.5 Å². The van der Waals surface area contributed by atoms with Crippen LogP contribution in [-0.4, -0.2) is 65.6 Å². The number of carbonyl (C=O) groups excluding carboxylic acids is 2. The van der Waals surface area contributed by atoms with Crippen molar-refractivity contribution in [1.82, 2.24) is 10.2 Å². The molecule has 0 bridgehead atoms. The number of amides is 2. The van der Waals surface area contributed by atoms with E-state index in [1.165, 1.54) is 37.3 Å². The molecule has 0 aromatic heterocycles. The van der Waals surface area contributed by atoms with Crippen LogP contribution < -0.4 is 23.8 Å². The van der Waals surface area contributed by atoms with Gasteiger partial charge in [0.1, 0.15) is 18.3 Å². The van der Waals surface area contributed by atoms with E-state index in [2.05, 4.69) is 5.32 Å². The molecule has 11 heteroatoms. The van der Waals surface area contributed by atoms with E-state index in [0.29, 0.717) is 30.2 Å². The van der Waals surface area contributed by atoms with E-state index < -0.39 is 28.5 Å². The van der Waals surface area contributed by atoms with Crippen LogP contribution in [0, 0.1) is 12.8 Å². The van der Waals surface area contributed by atoms with Gasteiger partial charge in [-0.3, -0.25) is 13.9 Å². The van der Waals surface area contributed by atoms with Crippen LogP contribution in [0.25, 0.3) is 0 Å². The molecule has 10 nitrogen and oxygen atoms in total. The summed E-state index contributed by atoms with van der Waals surface area (Å²) in [6.45, 7) is 7.69. The van der Waals surface area contributed by atoms with Crippen molar-refractivity contribution in [3.63, 3.8) is 0 Å². The predicted molar refractivity (Wildman–Crippen MR) is 171 cm³/mol. The van der Waals surface area contributed by atoms with Crippen molar-refractivity contribution in [3.8, 4) is 17.2 Å². The second kappa shape index (κ2) is 15.5. The third-order valence-corrected chi connectivity index (χ3v) is 8.90. The first kappa shape index (κ1) is 34.2. The van der Waals surface area contributed by atoms with Gasteiger partial charge in [-0.05, 0) is 61.2 Å². The molecule has 0 radical (unpaired) electrons. The number of carbonyl (C=O) groups is 2. The number of benzene rings is 3. The van der Waals surface area contributed by atoms with Crippen molar-refractivity contribution < 1.29 is 32.2 Å². The molecule has 0 aliphatic heterocycles. The molecule has 0 saturated heterocycles. The molecule has 1 N–H and O–H groups in total. The zero-order chi connectivity index (χ0) is 32.4. The summed E-state index contributed by atoms with van der Waals surface area (Å²) in [6.07, 6.45) is 0.332. The summed E-state index contributed by atoms with van der Waals surface area (Å²) in [5.74, 6) is 0.640. The maximum Gasteiger partial charge on any atom is 0.264 e. The van der Waals surface area contributed by atoms with Crippen LogP contribution in [-0.2, 0) is 26.2 Å². The molecule has 0 aliphatic rings. The summed E-state index contributed by atoms with van der Waals surface area (Å²) in [5.41, 5.74) is 2.00. The van der Waals surface area contributed by atoms with Crippen LogP contribution in [0.15, 0.2) is 71.6 Å². The number of aryl methyl sites for hydroxylation is 1. The SMILES string of the molecule is CC[C@@H](C(=O)NCC(C)C)N(Cc1ccc(OC)cc1)C(=O)CN(c1ccc(C)cc1)S(=O)(=O)c1ccc(OC)c(OC)c1. The molecule has 0 aliphatic carbocycles.